The number of hydrogen-bond acceptors (Lipinski definition) is 2. The first-order valence-electron chi connectivity index (χ1n) is 3.80. The van der Waals surface area contributed by atoms with Crippen LogP contribution in [-0.4, -0.2) is 6.54 Å². The molecule has 1 aromatic carbocycles. The molecule has 13 heavy (non-hydrogen) atoms. The molecule has 0 aliphatic carbocycles. The number of nitrogens with zero attached hydrogens (tertiary/aromatic N) is 2. The molecule has 66 valence electrons. The highest BCUT2D eigenvalue weighted by molar-refractivity contribution is 6.49. The molecule has 0 saturated heterocycles. The Balaban J connectivity index is 2.63. The summed E-state index contributed by atoms with van der Waals surface area (Å²) in [5.41, 5.74) is 1.61. The van der Waals surface area contributed by atoms with Gasteiger partial charge in [-0.3, -0.25) is 0 Å². The zero-order valence-corrected chi connectivity index (χ0v) is 8.18. The van der Waals surface area contributed by atoms with Gasteiger partial charge in [-0.25, -0.2) is 0 Å². The third-order valence-corrected chi connectivity index (χ3v) is 2.34. The first-order valence-corrected chi connectivity index (χ1v) is 4.56. The molecule has 0 aromatic heterocycles. The minimum absolute atomic E-state index is 0.519. The molecule has 0 atom stereocenters. The van der Waals surface area contributed by atoms with Crippen LogP contribution in [0.1, 0.15) is 5.56 Å². The Hall–Kier alpha value is -0.860. The third-order valence-electron chi connectivity index (χ3n) is 1.75. The minimum Gasteiger partial charge on any atom is -0.184 e. The molecule has 2 nitrogen and oxygen atoms in total. The maximum Gasteiger partial charge on any atom is 0.0940 e. The number of azo groups is 1. The van der Waals surface area contributed by atoms with Crippen LogP contribution in [0.2, 0.25) is 5.02 Å². The highest BCUT2D eigenvalue weighted by atomic mass is 35.5. The van der Waals surface area contributed by atoms with E-state index in [-0.39, 0.29) is 0 Å². The summed E-state index contributed by atoms with van der Waals surface area (Å²) in [6.45, 7) is 0.519. The van der Waals surface area contributed by atoms with Gasteiger partial charge in [0.1, 0.15) is 0 Å². The topological polar surface area (TPSA) is 24.7 Å². The lowest BCUT2D eigenvalue weighted by atomic mass is 10.1. The van der Waals surface area contributed by atoms with Crippen molar-refractivity contribution < 1.29 is 0 Å². The van der Waals surface area contributed by atoms with E-state index in [1.165, 1.54) is 0 Å². The van der Waals surface area contributed by atoms with Crippen LogP contribution < -0.4 is 0 Å². The molecule has 0 radical (unpaired) electrons. The van der Waals surface area contributed by atoms with Crippen molar-refractivity contribution in [1.82, 2.24) is 0 Å². The van der Waals surface area contributed by atoms with Crippen LogP contribution in [0.4, 0.5) is 5.69 Å². The SMILES string of the molecule is ClC1=CCN=Nc2ccc(Cl)cc21. The summed E-state index contributed by atoms with van der Waals surface area (Å²) in [5, 5.41) is 9.23. The summed E-state index contributed by atoms with van der Waals surface area (Å²) in [6, 6.07) is 5.37. The molecule has 0 bridgehead atoms. The summed E-state index contributed by atoms with van der Waals surface area (Å²) in [4.78, 5) is 0. The Morgan fingerprint density at radius 3 is 2.92 bits per heavy atom. The second-order valence-electron chi connectivity index (χ2n) is 2.64. The van der Waals surface area contributed by atoms with Gasteiger partial charge in [0.15, 0.2) is 0 Å². The molecule has 0 amide bonds. The normalized spacial score (nSPS) is 14.8. The first-order chi connectivity index (χ1) is 6.27. The molecule has 2 rings (SSSR count). The fourth-order valence-electron chi connectivity index (χ4n) is 1.13. The number of fused-ring (bicyclic) bond motifs is 1. The lowest BCUT2D eigenvalue weighted by molar-refractivity contribution is 1.08. The Morgan fingerprint density at radius 1 is 1.23 bits per heavy atom. The summed E-state index contributed by atoms with van der Waals surface area (Å²) >= 11 is 11.8. The van der Waals surface area contributed by atoms with E-state index in [4.69, 9.17) is 23.2 Å². The molecule has 4 heteroatoms. The second kappa shape index (κ2) is 3.48. The molecular formula is C9H6Cl2N2. The van der Waals surface area contributed by atoms with Gasteiger partial charge in [-0.05, 0) is 24.3 Å². The van der Waals surface area contributed by atoms with Crippen LogP contribution in [0.5, 0.6) is 0 Å². The second-order valence-corrected chi connectivity index (χ2v) is 3.48. The first kappa shape index (κ1) is 8.73. The van der Waals surface area contributed by atoms with Gasteiger partial charge in [-0.2, -0.15) is 10.2 Å². The predicted molar refractivity (Wildman–Crippen MR) is 54.7 cm³/mol. The maximum absolute atomic E-state index is 6.01. The average Bonchev–Trinajstić information content (AvgIpc) is 2.29. The molecule has 1 aromatic rings. The largest absolute Gasteiger partial charge is 0.184 e. The van der Waals surface area contributed by atoms with Gasteiger partial charge in [0, 0.05) is 15.6 Å². The van der Waals surface area contributed by atoms with Crippen LogP contribution in [0.15, 0.2) is 34.5 Å². The van der Waals surface area contributed by atoms with E-state index in [0.29, 0.717) is 16.6 Å². The highest BCUT2D eigenvalue weighted by Gasteiger charge is 2.08. The lowest BCUT2D eigenvalue weighted by Crippen LogP contribution is -1.77. The standard InChI is InChI=1S/C9H6Cl2N2/c10-6-1-2-9-7(5-6)8(11)3-4-12-13-9/h1-3,5H,4H2. The van der Waals surface area contributed by atoms with Gasteiger partial charge in [0.2, 0.25) is 0 Å². The van der Waals surface area contributed by atoms with Gasteiger partial charge in [-0.15, -0.1) is 0 Å². The number of halogens is 2. The van der Waals surface area contributed by atoms with Gasteiger partial charge in [-0.1, -0.05) is 23.2 Å². The van der Waals surface area contributed by atoms with E-state index in [1.54, 1.807) is 12.1 Å². The molecule has 1 aliphatic rings. The smallest absolute Gasteiger partial charge is 0.0940 e. The molecule has 0 N–H and O–H groups in total. The van der Waals surface area contributed by atoms with E-state index in [1.807, 2.05) is 12.1 Å². The zero-order valence-electron chi connectivity index (χ0n) is 6.67. The van der Waals surface area contributed by atoms with Gasteiger partial charge < -0.3 is 0 Å². The molecular weight excluding hydrogens is 207 g/mol. The summed E-state index contributed by atoms with van der Waals surface area (Å²) in [5.74, 6) is 0. The number of rotatable bonds is 0. The van der Waals surface area contributed by atoms with E-state index < -0.39 is 0 Å². The summed E-state index contributed by atoms with van der Waals surface area (Å²) < 4.78 is 0. The monoisotopic (exact) mass is 212 g/mol. The molecule has 0 fully saturated rings. The molecule has 1 aliphatic heterocycles. The molecule has 0 spiro atoms. The van der Waals surface area contributed by atoms with Crippen LogP contribution >= 0.6 is 23.2 Å². The Bertz CT molecular complexity index is 397. The van der Waals surface area contributed by atoms with Crippen LogP contribution in [-0.2, 0) is 0 Å². The van der Waals surface area contributed by atoms with Crippen molar-refractivity contribution >= 4 is 33.9 Å². The molecule has 0 saturated carbocycles. The van der Waals surface area contributed by atoms with Crippen LogP contribution in [0.25, 0.3) is 5.03 Å². The molecule has 1 heterocycles. The Morgan fingerprint density at radius 2 is 2.08 bits per heavy atom. The lowest BCUT2D eigenvalue weighted by Gasteiger charge is -2.01. The van der Waals surface area contributed by atoms with Crippen molar-refractivity contribution in [3.05, 3.63) is 34.9 Å². The van der Waals surface area contributed by atoms with E-state index in [9.17, 15) is 0 Å². The van der Waals surface area contributed by atoms with E-state index in [0.717, 1.165) is 11.3 Å². The van der Waals surface area contributed by atoms with Crippen LogP contribution in [0.3, 0.4) is 0 Å². The average molecular weight is 213 g/mol. The van der Waals surface area contributed by atoms with Gasteiger partial charge in [0.25, 0.3) is 0 Å². The zero-order chi connectivity index (χ0) is 9.26. The van der Waals surface area contributed by atoms with Crippen molar-refractivity contribution in [2.24, 2.45) is 10.2 Å². The number of benzene rings is 1. The fourth-order valence-corrected chi connectivity index (χ4v) is 1.53. The number of hydrogen-bond donors (Lipinski definition) is 0. The Labute approximate surface area is 85.9 Å². The predicted octanol–water partition coefficient (Wildman–Crippen LogP) is 4.02. The fraction of sp³-hybridized carbons (Fsp3) is 0.111. The van der Waals surface area contributed by atoms with Crippen molar-refractivity contribution in [2.45, 2.75) is 0 Å². The summed E-state index contributed by atoms with van der Waals surface area (Å²) in [7, 11) is 0. The third kappa shape index (κ3) is 1.74. The van der Waals surface area contributed by atoms with Crippen molar-refractivity contribution in [2.75, 3.05) is 6.54 Å². The quantitative estimate of drug-likeness (QED) is 0.621. The van der Waals surface area contributed by atoms with Gasteiger partial charge >= 0.3 is 0 Å². The van der Waals surface area contributed by atoms with Gasteiger partial charge in [0.05, 0.1) is 12.2 Å². The molecule has 0 unspecified atom stereocenters. The minimum atomic E-state index is 0.519. The Kier molecular flexibility index (Phi) is 2.34. The van der Waals surface area contributed by atoms with Crippen molar-refractivity contribution in [1.29, 1.82) is 0 Å². The highest BCUT2D eigenvalue weighted by Crippen LogP contribution is 2.33. The van der Waals surface area contributed by atoms with E-state index >= 15 is 0 Å². The van der Waals surface area contributed by atoms with E-state index in [2.05, 4.69) is 10.2 Å². The summed E-state index contributed by atoms with van der Waals surface area (Å²) in [6.07, 6.45) is 1.81. The van der Waals surface area contributed by atoms with Crippen molar-refractivity contribution in [3.63, 3.8) is 0 Å². The maximum atomic E-state index is 6.01. The van der Waals surface area contributed by atoms with Crippen molar-refractivity contribution in [3.8, 4) is 0 Å². The van der Waals surface area contributed by atoms with Crippen LogP contribution in [0, 0.1) is 0 Å².